The topological polar surface area (TPSA) is 113 Å². The zero-order valence-electron chi connectivity index (χ0n) is 25.1. The normalized spacial score (nSPS) is 12.2. The number of imide groups is 1. The van der Waals surface area contributed by atoms with Crippen LogP contribution in [0.3, 0.4) is 0 Å². The van der Waals surface area contributed by atoms with Crippen LogP contribution in [-0.4, -0.2) is 41.9 Å². The van der Waals surface area contributed by atoms with Gasteiger partial charge >= 0.3 is 5.97 Å². The van der Waals surface area contributed by atoms with E-state index >= 15 is 0 Å². The Bertz CT molecular complexity index is 1580. The molecule has 0 saturated carbocycles. The van der Waals surface area contributed by atoms with Crippen LogP contribution < -0.4 is 5.73 Å². The number of hydrogen-bond donors (Lipinski definition) is 1. The van der Waals surface area contributed by atoms with E-state index in [1.807, 2.05) is 97.9 Å². The molecule has 0 radical (unpaired) electrons. The summed E-state index contributed by atoms with van der Waals surface area (Å²) in [6.45, 7) is 1.96. The lowest BCUT2D eigenvalue weighted by atomic mass is 9.89. The molecule has 0 spiro atoms. The van der Waals surface area contributed by atoms with Crippen molar-refractivity contribution in [2.45, 2.75) is 50.6 Å². The van der Waals surface area contributed by atoms with Gasteiger partial charge in [0, 0.05) is 0 Å². The third kappa shape index (κ3) is 8.06. The van der Waals surface area contributed by atoms with E-state index in [4.69, 9.17) is 10.5 Å². The van der Waals surface area contributed by atoms with Crippen molar-refractivity contribution < 1.29 is 19.1 Å². The first-order valence-corrected chi connectivity index (χ1v) is 14.7. The summed E-state index contributed by atoms with van der Waals surface area (Å²) in [5.41, 5.74) is 11.1. The number of ether oxygens (including phenoxy) is 1. The van der Waals surface area contributed by atoms with Crippen LogP contribution in [0.2, 0.25) is 0 Å². The molecule has 0 aromatic heterocycles. The molecule has 0 bridgehead atoms. The smallest absolute Gasteiger partial charge is 0.337 e. The molecular weight excluding hydrogens is 550 g/mol. The Morgan fingerprint density at radius 2 is 1.43 bits per heavy atom. The van der Waals surface area contributed by atoms with Gasteiger partial charge in [0.1, 0.15) is 6.04 Å². The number of rotatable bonds is 12. The standard InChI is InChI=1S/C37H37N3O4/c1-26-12-9-15-28(22-26)24-33(39)35(41)40(32(25-38)21-11-14-27-13-10-20-31(23-27)37(43)44-2)36(42)34(29-16-5-3-6-17-29)30-18-7-4-8-19-30/h3-10,12-13,15-20,22-23,32-34H,11,14,21,24,39H2,1-2H3/t32?,33-/m0/s1. The van der Waals surface area contributed by atoms with Gasteiger partial charge in [-0.05, 0) is 67.0 Å². The minimum atomic E-state index is -1.04. The highest BCUT2D eigenvalue weighted by Gasteiger charge is 2.38. The number of hydrogen-bond acceptors (Lipinski definition) is 6. The summed E-state index contributed by atoms with van der Waals surface area (Å²) in [4.78, 5) is 41.7. The minimum absolute atomic E-state index is 0.226. The average molecular weight is 588 g/mol. The van der Waals surface area contributed by atoms with Crippen LogP contribution in [-0.2, 0) is 27.2 Å². The molecule has 2 atom stereocenters. The maximum atomic E-state index is 14.5. The van der Waals surface area contributed by atoms with Crippen molar-refractivity contribution in [3.8, 4) is 6.07 Å². The summed E-state index contributed by atoms with van der Waals surface area (Å²) in [5, 5.41) is 10.4. The van der Waals surface area contributed by atoms with Gasteiger partial charge in [-0.3, -0.25) is 14.5 Å². The van der Waals surface area contributed by atoms with Crippen LogP contribution in [0.5, 0.6) is 0 Å². The van der Waals surface area contributed by atoms with Crippen molar-refractivity contribution in [1.82, 2.24) is 4.90 Å². The maximum Gasteiger partial charge on any atom is 0.337 e. The number of nitriles is 1. The zero-order chi connectivity index (χ0) is 31.5. The van der Waals surface area contributed by atoms with Gasteiger partial charge in [0.2, 0.25) is 11.8 Å². The highest BCUT2D eigenvalue weighted by molar-refractivity contribution is 6.02. The monoisotopic (exact) mass is 587 g/mol. The van der Waals surface area contributed by atoms with Gasteiger partial charge < -0.3 is 10.5 Å². The molecule has 0 fully saturated rings. The number of amides is 2. The Hall–Kier alpha value is -5.06. The van der Waals surface area contributed by atoms with E-state index in [1.165, 1.54) is 7.11 Å². The van der Waals surface area contributed by atoms with E-state index in [2.05, 4.69) is 6.07 Å². The molecule has 7 nitrogen and oxygen atoms in total. The molecule has 44 heavy (non-hydrogen) atoms. The summed E-state index contributed by atoms with van der Waals surface area (Å²) < 4.78 is 4.83. The Morgan fingerprint density at radius 3 is 2.02 bits per heavy atom. The molecule has 0 aliphatic heterocycles. The largest absolute Gasteiger partial charge is 0.465 e. The SMILES string of the molecule is COC(=O)c1cccc(CCCC(C#N)N(C(=O)C(c2ccccc2)c2ccccc2)C(=O)[C@@H](N)Cc2cccc(C)c2)c1. The number of benzene rings is 4. The molecule has 0 aliphatic carbocycles. The highest BCUT2D eigenvalue weighted by atomic mass is 16.5. The van der Waals surface area contributed by atoms with Crippen LogP contribution in [0.1, 0.15) is 56.9 Å². The third-order valence-electron chi connectivity index (χ3n) is 7.59. The minimum Gasteiger partial charge on any atom is -0.465 e. The fourth-order valence-corrected chi connectivity index (χ4v) is 5.41. The number of esters is 1. The molecule has 0 heterocycles. The number of nitrogens with zero attached hydrogens (tertiary/aromatic N) is 2. The van der Waals surface area contributed by atoms with Crippen LogP contribution in [0.15, 0.2) is 109 Å². The van der Waals surface area contributed by atoms with E-state index in [0.717, 1.165) is 21.6 Å². The molecule has 0 aliphatic rings. The van der Waals surface area contributed by atoms with Gasteiger partial charge in [-0.25, -0.2) is 4.79 Å². The summed E-state index contributed by atoms with van der Waals surface area (Å²) in [7, 11) is 1.33. The van der Waals surface area contributed by atoms with Gasteiger partial charge in [0.15, 0.2) is 0 Å². The Labute approximate surface area is 258 Å². The van der Waals surface area contributed by atoms with Crippen molar-refractivity contribution in [3.63, 3.8) is 0 Å². The first-order valence-electron chi connectivity index (χ1n) is 14.7. The van der Waals surface area contributed by atoms with Crippen LogP contribution in [0, 0.1) is 18.3 Å². The molecule has 2 N–H and O–H groups in total. The van der Waals surface area contributed by atoms with E-state index in [1.54, 1.807) is 18.2 Å². The molecule has 4 aromatic rings. The van der Waals surface area contributed by atoms with Crippen molar-refractivity contribution in [3.05, 3.63) is 143 Å². The molecule has 4 aromatic carbocycles. The molecule has 1 unspecified atom stereocenters. The van der Waals surface area contributed by atoms with Gasteiger partial charge in [-0.15, -0.1) is 0 Å². The maximum absolute atomic E-state index is 14.5. The Morgan fingerprint density at radius 1 is 0.818 bits per heavy atom. The number of nitrogens with two attached hydrogens (primary N) is 1. The predicted molar refractivity (Wildman–Crippen MR) is 170 cm³/mol. The fourth-order valence-electron chi connectivity index (χ4n) is 5.41. The summed E-state index contributed by atoms with van der Waals surface area (Å²) in [6, 6.07) is 33.5. The fraction of sp³-hybridized carbons (Fsp3) is 0.243. The van der Waals surface area contributed by atoms with Crippen molar-refractivity contribution in [2.75, 3.05) is 7.11 Å². The van der Waals surface area contributed by atoms with Gasteiger partial charge in [-0.1, -0.05) is 103 Å². The predicted octanol–water partition coefficient (Wildman–Crippen LogP) is 5.75. The third-order valence-corrected chi connectivity index (χ3v) is 7.59. The Kier molecular flexibility index (Phi) is 11.2. The second-order valence-corrected chi connectivity index (χ2v) is 10.8. The lowest BCUT2D eigenvalue weighted by molar-refractivity contribution is -0.148. The van der Waals surface area contributed by atoms with Crippen molar-refractivity contribution in [1.29, 1.82) is 5.26 Å². The second kappa shape index (κ2) is 15.4. The first kappa shape index (κ1) is 31.9. The van der Waals surface area contributed by atoms with Gasteiger partial charge in [-0.2, -0.15) is 5.26 Å². The average Bonchev–Trinajstić information content (AvgIpc) is 3.05. The molecule has 0 saturated heterocycles. The second-order valence-electron chi connectivity index (χ2n) is 10.8. The molecule has 4 rings (SSSR count). The van der Waals surface area contributed by atoms with E-state index in [9.17, 15) is 19.6 Å². The van der Waals surface area contributed by atoms with E-state index in [-0.39, 0.29) is 12.8 Å². The van der Waals surface area contributed by atoms with E-state index in [0.29, 0.717) is 29.5 Å². The highest BCUT2D eigenvalue weighted by Crippen LogP contribution is 2.29. The lowest BCUT2D eigenvalue weighted by Gasteiger charge is -2.32. The van der Waals surface area contributed by atoms with Crippen molar-refractivity contribution >= 4 is 17.8 Å². The summed E-state index contributed by atoms with van der Waals surface area (Å²) >= 11 is 0. The van der Waals surface area contributed by atoms with Crippen molar-refractivity contribution in [2.24, 2.45) is 5.73 Å². The van der Waals surface area contributed by atoms with Gasteiger partial charge in [0.25, 0.3) is 0 Å². The van der Waals surface area contributed by atoms with Crippen LogP contribution in [0.4, 0.5) is 0 Å². The van der Waals surface area contributed by atoms with Crippen LogP contribution >= 0.6 is 0 Å². The van der Waals surface area contributed by atoms with Crippen LogP contribution in [0.25, 0.3) is 0 Å². The summed E-state index contributed by atoms with van der Waals surface area (Å²) in [6.07, 6.45) is 1.50. The number of aryl methyl sites for hydroxylation is 2. The number of carbonyl (C=O) groups is 3. The summed E-state index contributed by atoms with van der Waals surface area (Å²) in [5.74, 6) is -2.32. The molecule has 2 amide bonds. The molecule has 224 valence electrons. The molecule has 7 heteroatoms. The zero-order valence-corrected chi connectivity index (χ0v) is 25.1. The van der Waals surface area contributed by atoms with Gasteiger partial charge in [0.05, 0.1) is 30.7 Å². The molecular formula is C37H37N3O4. The quantitative estimate of drug-likeness (QED) is 0.211. The number of carbonyl (C=O) groups excluding carboxylic acids is 3. The lowest BCUT2D eigenvalue weighted by Crippen LogP contribution is -2.53. The van der Waals surface area contributed by atoms with E-state index < -0.39 is 35.8 Å². The first-order chi connectivity index (χ1) is 21.3. The number of methoxy groups -OCH3 is 1. The Balaban J connectivity index is 1.65.